The van der Waals surface area contributed by atoms with E-state index in [2.05, 4.69) is 15.5 Å². The summed E-state index contributed by atoms with van der Waals surface area (Å²) >= 11 is 0. The molecule has 2 heterocycles. The van der Waals surface area contributed by atoms with Gasteiger partial charge in [0.15, 0.2) is 0 Å². The van der Waals surface area contributed by atoms with E-state index in [9.17, 15) is 0 Å². The average Bonchev–Trinajstić information content (AvgIpc) is 2.81. The summed E-state index contributed by atoms with van der Waals surface area (Å²) in [6.07, 6.45) is 4.55. The third-order valence-electron chi connectivity index (χ3n) is 3.13. The van der Waals surface area contributed by atoms with E-state index in [1.165, 1.54) is 5.56 Å². The minimum absolute atomic E-state index is 0.750. The normalized spacial score (nSPS) is 10.8. The highest BCUT2D eigenvalue weighted by molar-refractivity contribution is 5.56. The molecule has 0 atom stereocenters. The number of hydrogen-bond donors (Lipinski definition) is 1. The number of anilines is 1. The van der Waals surface area contributed by atoms with Crippen LogP contribution in [0.25, 0.3) is 5.52 Å². The van der Waals surface area contributed by atoms with Gasteiger partial charge in [-0.15, -0.1) is 0 Å². The highest BCUT2D eigenvalue weighted by Gasteiger charge is 2.05. The first-order chi connectivity index (χ1) is 9.26. The quantitative estimate of drug-likeness (QED) is 0.780. The summed E-state index contributed by atoms with van der Waals surface area (Å²) in [6.45, 7) is 0. The van der Waals surface area contributed by atoms with Crippen LogP contribution in [-0.4, -0.2) is 16.5 Å². The van der Waals surface area contributed by atoms with Gasteiger partial charge in [0.25, 0.3) is 0 Å². The van der Waals surface area contributed by atoms with Crippen LogP contribution in [-0.2, 0) is 6.42 Å². The van der Waals surface area contributed by atoms with Crippen molar-refractivity contribution in [2.75, 3.05) is 12.8 Å². The van der Waals surface area contributed by atoms with Crippen LogP contribution in [0.1, 0.15) is 11.4 Å². The Bertz CT molecular complexity index is 718. The SMILES string of the molecule is COc1cccc(Cc2ncc3cc(N)ccn23)c1. The first-order valence-electron chi connectivity index (χ1n) is 6.10. The summed E-state index contributed by atoms with van der Waals surface area (Å²) in [4.78, 5) is 4.45. The molecule has 0 aliphatic carbocycles. The summed E-state index contributed by atoms with van der Waals surface area (Å²) in [5.74, 6) is 1.85. The molecule has 1 aromatic carbocycles. The van der Waals surface area contributed by atoms with Gasteiger partial charge in [0.1, 0.15) is 11.6 Å². The summed E-state index contributed by atoms with van der Waals surface area (Å²) in [6, 6.07) is 11.8. The number of hydrogen-bond acceptors (Lipinski definition) is 3. The molecule has 0 amide bonds. The van der Waals surface area contributed by atoms with Gasteiger partial charge in [-0.25, -0.2) is 4.98 Å². The van der Waals surface area contributed by atoms with Crippen molar-refractivity contribution in [2.24, 2.45) is 0 Å². The average molecular weight is 253 g/mol. The maximum absolute atomic E-state index is 5.77. The second-order valence-electron chi connectivity index (χ2n) is 4.46. The van der Waals surface area contributed by atoms with Gasteiger partial charge in [0.05, 0.1) is 18.8 Å². The van der Waals surface area contributed by atoms with Crippen molar-refractivity contribution in [2.45, 2.75) is 6.42 Å². The molecule has 2 N–H and O–H groups in total. The van der Waals surface area contributed by atoms with E-state index in [0.717, 1.165) is 29.2 Å². The summed E-state index contributed by atoms with van der Waals surface area (Å²) < 4.78 is 7.28. The van der Waals surface area contributed by atoms with Crippen LogP contribution >= 0.6 is 0 Å². The number of ether oxygens (including phenoxy) is 1. The van der Waals surface area contributed by atoms with E-state index >= 15 is 0 Å². The monoisotopic (exact) mass is 253 g/mol. The molecule has 0 spiro atoms. The van der Waals surface area contributed by atoms with Crippen molar-refractivity contribution in [3.63, 3.8) is 0 Å². The van der Waals surface area contributed by atoms with Crippen LogP contribution < -0.4 is 10.5 Å². The fraction of sp³-hybridized carbons (Fsp3) is 0.133. The summed E-state index contributed by atoms with van der Waals surface area (Å²) in [5, 5.41) is 0. The summed E-state index contributed by atoms with van der Waals surface area (Å²) in [7, 11) is 1.67. The molecule has 2 aromatic heterocycles. The standard InChI is InChI=1S/C15H15N3O/c1-19-14-4-2-3-11(7-14)8-15-17-10-13-9-12(16)5-6-18(13)15/h2-7,9-10H,8,16H2,1H3. The highest BCUT2D eigenvalue weighted by Crippen LogP contribution is 2.17. The molecule has 3 aromatic rings. The Kier molecular flexibility index (Phi) is 2.83. The molecule has 0 radical (unpaired) electrons. The molecule has 0 bridgehead atoms. The molecule has 0 saturated carbocycles. The molecule has 0 unspecified atom stereocenters. The van der Waals surface area contributed by atoms with Crippen LogP contribution in [0.4, 0.5) is 5.69 Å². The van der Waals surface area contributed by atoms with Gasteiger partial charge in [-0.2, -0.15) is 0 Å². The fourth-order valence-electron chi connectivity index (χ4n) is 2.17. The zero-order chi connectivity index (χ0) is 13.2. The Morgan fingerprint density at radius 1 is 1.26 bits per heavy atom. The number of imidazole rings is 1. The molecule has 3 rings (SSSR count). The number of pyridine rings is 1. The van der Waals surface area contributed by atoms with E-state index in [0.29, 0.717) is 0 Å². The predicted molar refractivity (Wildman–Crippen MR) is 75.4 cm³/mol. The number of nitrogens with zero attached hydrogens (tertiary/aromatic N) is 2. The fourth-order valence-corrected chi connectivity index (χ4v) is 2.17. The molecule has 0 aliphatic rings. The van der Waals surface area contributed by atoms with Gasteiger partial charge in [-0.1, -0.05) is 12.1 Å². The molecule has 0 saturated heterocycles. The van der Waals surface area contributed by atoms with E-state index in [4.69, 9.17) is 10.5 Å². The van der Waals surface area contributed by atoms with Gasteiger partial charge in [-0.3, -0.25) is 0 Å². The van der Waals surface area contributed by atoms with E-state index in [1.807, 2.05) is 42.7 Å². The van der Waals surface area contributed by atoms with Gasteiger partial charge >= 0.3 is 0 Å². The second kappa shape index (κ2) is 4.65. The van der Waals surface area contributed by atoms with Crippen LogP contribution in [0.3, 0.4) is 0 Å². The number of nitrogen functional groups attached to an aromatic ring is 1. The minimum atomic E-state index is 0.750. The lowest BCUT2D eigenvalue weighted by atomic mass is 10.1. The molecule has 96 valence electrons. The number of methoxy groups -OCH3 is 1. The first kappa shape index (κ1) is 11.6. The molecular formula is C15H15N3O. The Balaban J connectivity index is 1.96. The van der Waals surface area contributed by atoms with E-state index < -0.39 is 0 Å². The van der Waals surface area contributed by atoms with Crippen LogP contribution in [0.5, 0.6) is 5.75 Å². The van der Waals surface area contributed by atoms with Crippen LogP contribution in [0.15, 0.2) is 48.8 Å². The molecule has 4 heteroatoms. The van der Waals surface area contributed by atoms with E-state index in [1.54, 1.807) is 7.11 Å². The van der Waals surface area contributed by atoms with Crippen LogP contribution in [0.2, 0.25) is 0 Å². The smallest absolute Gasteiger partial charge is 0.119 e. The first-order valence-corrected chi connectivity index (χ1v) is 6.10. The second-order valence-corrected chi connectivity index (χ2v) is 4.46. The van der Waals surface area contributed by atoms with Gasteiger partial charge in [0, 0.05) is 18.3 Å². The molecule has 19 heavy (non-hydrogen) atoms. The lowest BCUT2D eigenvalue weighted by Crippen LogP contribution is -1.97. The Hall–Kier alpha value is -2.49. The van der Waals surface area contributed by atoms with Gasteiger partial charge in [0.2, 0.25) is 0 Å². The molecule has 0 fully saturated rings. The number of aromatic nitrogens is 2. The van der Waals surface area contributed by atoms with Gasteiger partial charge in [-0.05, 0) is 29.8 Å². The van der Waals surface area contributed by atoms with Crippen molar-refractivity contribution in [1.29, 1.82) is 0 Å². The Morgan fingerprint density at radius 2 is 2.16 bits per heavy atom. The van der Waals surface area contributed by atoms with E-state index in [-0.39, 0.29) is 0 Å². The third-order valence-corrected chi connectivity index (χ3v) is 3.13. The lowest BCUT2D eigenvalue weighted by molar-refractivity contribution is 0.414. The Morgan fingerprint density at radius 3 is 3.00 bits per heavy atom. The van der Waals surface area contributed by atoms with Gasteiger partial charge < -0.3 is 14.9 Å². The molecule has 4 nitrogen and oxygen atoms in total. The number of nitrogens with two attached hydrogens (primary N) is 1. The van der Waals surface area contributed by atoms with Crippen molar-refractivity contribution < 1.29 is 4.74 Å². The largest absolute Gasteiger partial charge is 0.497 e. The maximum Gasteiger partial charge on any atom is 0.119 e. The highest BCUT2D eigenvalue weighted by atomic mass is 16.5. The number of rotatable bonds is 3. The number of fused-ring (bicyclic) bond motifs is 1. The Labute approximate surface area is 111 Å². The van der Waals surface area contributed by atoms with Crippen molar-refractivity contribution in [3.05, 3.63) is 60.2 Å². The predicted octanol–water partition coefficient (Wildman–Crippen LogP) is 2.52. The van der Waals surface area contributed by atoms with Crippen molar-refractivity contribution in [1.82, 2.24) is 9.38 Å². The zero-order valence-electron chi connectivity index (χ0n) is 10.7. The maximum atomic E-state index is 5.77. The zero-order valence-corrected chi connectivity index (χ0v) is 10.7. The van der Waals surface area contributed by atoms with Crippen molar-refractivity contribution in [3.8, 4) is 5.75 Å². The molecule has 0 aliphatic heterocycles. The molecular weight excluding hydrogens is 238 g/mol. The third kappa shape index (κ3) is 2.25. The lowest BCUT2D eigenvalue weighted by Gasteiger charge is -2.05. The topological polar surface area (TPSA) is 52.5 Å². The van der Waals surface area contributed by atoms with Crippen LogP contribution in [0, 0.1) is 0 Å². The summed E-state index contributed by atoms with van der Waals surface area (Å²) in [5.41, 5.74) is 8.70. The minimum Gasteiger partial charge on any atom is -0.497 e. The number of benzene rings is 1. The van der Waals surface area contributed by atoms with Crippen molar-refractivity contribution >= 4 is 11.2 Å².